The molecule has 160 valence electrons. The Hall–Kier alpha value is -3.08. The smallest absolute Gasteiger partial charge is 0.250 e. The van der Waals surface area contributed by atoms with Crippen molar-refractivity contribution in [1.29, 1.82) is 0 Å². The van der Waals surface area contributed by atoms with E-state index in [1.54, 1.807) is 48.8 Å². The predicted molar refractivity (Wildman–Crippen MR) is 117 cm³/mol. The Labute approximate surface area is 183 Å². The van der Waals surface area contributed by atoms with Crippen molar-refractivity contribution in [2.45, 2.75) is 23.2 Å². The topological polar surface area (TPSA) is 122 Å². The maximum absolute atomic E-state index is 12.8. The number of thiophene rings is 1. The van der Waals surface area contributed by atoms with Gasteiger partial charge in [0.05, 0.1) is 0 Å². The minimum Gasteiger partial charge on any atom is -0.366 e. The van der Waals surface area contributed by atoms with Crippen LogP contribution in [0.3, 0.4) is 0 Å². The van der Waals surface area contributed by atoms with Crippen molar-refractivity contribution in [3.63, 3.8) is 0 Å². The molecule has 0 saturated carbocycles. The zero-order chi connectivity index (χ0) is 22.0. The fourth-order valence-corrected chi connectivity index (χ4v) is 6.02. The van der Waals surface area contributed by atoms with Crippen molar-refractivity contribution >= 4 is 33.2 Å². The van der Waals surface area contributed by atoms with E-state index in [9.17, 15) is 18.0 Å². The van der Waals surface area contributed by atoms with Crippen LogP contribution in [0, 0.1) is 0 Å². The van der Waals surface area contributed by atoms with Crippen LogP contribution in [0.5, 0.6) is 0 Å². The van der Waals surface area contributed by atoms with Gasteiger partial charge in [0, 0.05) is 41.5 Å². The first-order valence-electron chi connectivity index (χ1n) is 9.54. The monoisotopic (exact) mass is 456 g/mol. The van der Waals surface area contributed by atoms with Crippen molar-refractivity contribution in [3.8, 4) is 10.4 Å². The normalized spacial score (nSPS) is 16.6. The van der Waals surface area contributed by atoms with Gasteiger partial charge in [0.1, 0.15) is 10.3 Å². The van der Waals surface area contributed by atoms with Gasteiger partial charge in [0.25, 0.3) is 10.0 Å². The van der Waals surface area contributed by atoms with Gasteiger partial charge in [-0.25, -0.2) is 8.42 Å². The lowest BCUT2D eigenvalue weighted by Crippen LogP contribution is -2.41. The lowest BCUT2D eigenvalue weighted by Gasteiger charge is -2.18. The molecule has 1 fully saturated rings. The lowest BCUT2D eigenvalue weighted by molar-refractivity contribution is -0.129. The third kappa shape index (κ3) is 4.50. The molecule has 2 aromatic heterocycles. The number of primary amides is 1. The average Bonchev–Trinajstić information content (AvgIpc) is 3.38. The highest BCUT2D eigenvalue weighted by atomic mass is 32.2. The number of pyridine rings is 1. The molecule has 0 bridgehead atoms. The highest BCUT2D eigenvalue weighted by molar-refractivity contribution is 7.91. The van der Waals surface area contributed by atoms with Gasteiger partial charge in [-0.2, -0.15) is 4.72 Å². The molecule has 1 aliphatic heterocycles. The Bertz CT molecular complexity index is 1220. The summed E-state index contributed by atoms with van der Waals surface area (Å²) in [6.45, 7) is 0.574. The second-order valence-corrected chi connectivity index (χ2v) is 10.1. The van der Waals surface area contributed by atoms with E-state index in [-0.39, 0.29) is 16.7 Å². The number of aromatic nitrogens is 1. The van der Waals surface area contributed by atoms with Gasteiger partial charge < -0.3 is 10.6 Å². The number of hydrogen-bond donors (Lipinski definition) is 2. The molecule has 3 N–H and O–H groups in total. The Kier molecular flexibility index (Phi) is 5.86. The lowest BCUT2D eigenvalue weighted by atomic mass is 10.1. The highest BCUT2D eigenvalue weighted by Crippen LogP contribution is 2.30. The van der Waals surface area contributed by atoms with E-state index in [0.29, 0.717) is 24.1 Å². The summed E-state index contributed by atoms with van der Waals surface area (Å²) in [6, 6.07) is 12.8. The van der Waals surface area contributed by atoms with Gasteiger partial charge in [0.15, 0.2) is 0 Å². The maximum Gasteiger partial charge on any atom is 0.250 e. The molecule has 1 atom stereocenters. The van der Waals surface area contributed by atoms with Crippen molar-refractivity contribution in [1.82, 2.24) is 14.6 Å². The number of hydrogen-bond acceptors (Lipinski definition) is 6. The number of carbonyl (C=O) groups excluding carboxylic acids is 2. The summed E-state index contributed by atoms with van der Waals surface area (Å²) < 4.78 is 28.3. The van der Waals surface area contributed by atoms with Gasteiger partial charge in [-0.15, -0.1) is 11.3 Å². The molecule has 0 radical (unpaired) electrons. The Morgan fingerprint density at radius 3 is 2.74 bits per heavy atom. The number of amides is 2. The van der Waals surface area contributed by atoms with Gasteiger partial charge in [0.2, 0.25) is 11.8 Å². The first-order valence-corrected chi connectivity index (χ1v) is 11.8. The minimum atomic E-state index is -3.86. The molecular weight excluding hydrogens is 436 g/mol. The fourth-order valence-electron chi connectivity index (χ4n) is 3.48. The minimum absolute atomic E-state index is 0.136. The number of carbonyl (C=O) groups is 2. The van der Waals surface area contributed by atoms with E-state index in [1.165, 1.54) is 11.0 Å². The Balaban J connectivity index is 1.46. The van der Waals surface area contributed by atoms with Crippen LogP contribution in [-0.4, -0.2) is 42.7 Å². The van der Waals surface area contributed by atoms with Crippen LogP contribution >= 0.6 is 11.3 Å². The second kappa shape index (κ2) is 8.58. The molecule has 4 rings (SSSR count). The second-order valence-electron chi connectivity index (χ2n) is 7.10. The Morgan fingerprint density at radius 2 is 2.00 bits per heavy atom. The molecule has 31 heavy (non-hydrogen) atoms. The molecule has 0 unspecified atom stereocenters. The molecule has 10 heteroatoms. The largest absolute Gasteiger partial charge is 0.366 e. The molecule has 8 nitrogen and oxygen atoms in total. The molecular formula is C21H20N4O4S2. The van der Waals surface area contributed by atoms with Crippen molar-refractivity contribution in [2.75, 3.05) is 6.54 Å². The number of rotatable bonds is 7. The predicted octanol–water partition coefficient (Wildman–Crippen LogP) is 1.99. The van der Waals surface area contributed by atoms with Gasteiger partial charge >= 0.3 is 0 Å². The number of nitrogens with one attached hydrogen (secondary N) is 1. The van der Waals surface area contributed by atoms with Crippen molar-refractivity contribution in [2.24, 2.45) is 5.73 Å². The summed E-state index contributed by atoms with van der Waals surface area (Å²) in [6.07, 6.45) is 3.66. The zero-order valence-corrected chi connectivity index (χ0v) is 18.0. The van der Waals surface area contributed by atoms with Crippen molar-refractivity contribution in [3.05, 3.63) is 72.1 Å². The zero-order valence-electron chi connectivity index (χ0n) is 16.4. The third-order valence-corrected chi connectivity index (χ3v) is 8.13. The van der Waals surface area contributed by atoms with E-state index >= 15 is 0 Å². The highest BCUT2D eigenvalue weighted by Gasteiger charge is 2.35. The molecule has 1 aromatic carbocycles. The molecule has 3 aromatic rings. The number of sulfonamides is 1. The molecule has 1 saturated heterocycles. The quantitative estimate of drug-likeness (QED) is 0.563. The maximum atomic E-state index is 12.8. The molecule has 0 aliphatic carbocycles. The number of nitrogens with zero attached hydrogens (tertiary/aromatic N) is 2. The average molecular weight is 457 g/mol. The van der Waals surface area contributed by atoms with E-state index in [4.69, 9.17) is 5.73 Å². The summed E-state index contributed by atoms with van der Waals surface area (Å²) in [5.74, 6) is -0.895. The molecule has 1 aliphatic rings. The van der Waals surface area contributed by atoms with Crippen LogP contribution in [0.2, 0.25) is 0 Å². The molecule has 3 heterocycles. The summed E-state index contributed by atoms with van der Waals surface area (Å²) in [7, 11) is -3.86. The van der Waals surface area contributed by atoms with E-state index in [0.717, 1.165) is 21.8 Å². The SMILES string of the molecule is NC(=O)c1ccccc1CN1CC[C@H](NS(=O)(=O)c2ccc(-c3cccnc3)s2)C1=O. The van der Waals surface area contributed by atoms with Gasteiger partial charge in [-0.05, 0) is 36.2 Å². The summed E-state index contributed by atoms with van der Waals surface area (Å²) >= 11 is 1.12. The standard InChI is InChI=1S/C21H20N4O4S2/c22-20(26)16-6-2-1-4-15(16)13-25-11-9-17(21(25)27)24-31(28,29)19-8-7-18(30-19)14-5-3-10-23-12-14/h1-8,10,12,17,24H,9,11,13H2,(H2,22,26)/t17-/m0/s1. The number of benzene rings is 1. The van der Waals surface area contributed by atoms with Gasteiger partial charge in [-0.1, -0.05) is 24.3 Å². The van der Waals surface area contributed by atoms with E-state index in [1.807, 2.05) is 6.07 Å². The van der Waals surface area contributed by atoms with Crippen molar-refractivity contribution < 1.29 is 18.0 Å². The van der Waals surface area contributed by atoms with Crippen LogP contribution < -0.4 is 10.5 Å². The molecule has 2 amide bonds. The van der Waals surface area contributed by atoms with E-state index in [2.05, 4.69) is 9.71 Å². The fraction of sp³-hybridized carbons (Fsp3) is 0.190. The Morgan fingerprint density at radius 1 is 1.19 bits per heavy atom. The first-order chi connectivity index (χ1) is 14.8. The first kappa shape index (κ1) is 21.2. The third-order valence-electron chi connectivity index (χ3n) is 5.03. The van der Waals surface area contributed by atoms with Crippen LogP contribution in [0.4, 0.5) is 0 Å². The van der Waals surface area contributed by atoms with Crippen LogP contribution in [0.15, 0.2) is 65.1 Å². The number of nitrogens with two attached hydrogens (primary N) is 1. The summed E-state index contributed by atoms with van der Waals surface area (Å²) in [4.78, 5) is 30.8. The van der Waals surface area contributed by atoms with E-state index < -0.39 is 22.0 Å². The van der Waals surface area contributed by atoms with Crippen LogP contribution in [0.25, 0.3) is 10.4 Å². The molecule has 0 spiro atoms. The van der Waals surface area contributed by atoms with Crippen LogP contribution in [0.1, 0.15) is 22.3 Å². The summed E-state index contributed by atoms with van der Waals surface area (Å²) in [5, 5.41) is 0. The van der Waals surface area contributed by atoms with Crippen LogP contribution in [-0.2, 0) is 21.4 Å². The number of likely N-dealkylation sites (tertiary alicyclic amines) is 1. The van der Waals surface area contributed by atoms with Gasteiger partial charge in [-0.3, -0.25) is 14.6 Å². The summed E-state index contributed by atoms with van der Waals surface area (Å²) in [5.41, 5.74) is 7.21.